The fraction of sp³-hybridized carbons (Fsp3) is 0.571. The molecule has 0 amide bonds. The number of halogens is 6. The van der Waals surface area contributed by atoms with Gasteiger partial charge in [0.15, 0.2) is 0 Å². The van der Waals surface area contributed by atoms with Gasteiger partial charge in [0.05, 0.1) is 0 Å². The van der Waals surface area contributed by atoms with Crippen LogP contribution in [0, 0.1) is 0 Å². The van der Waals surface area contributed by atoms with Crippen LogP contribution in [0.4, 0.5) is 13.2 Å². The maximum absolute atomic E-state index is 12.6. The maximum Gasteiger partial charge on any atom is 0.389 e. The molecule has 0 aromatic heterocycles. The number of rotatable bonds is 4. The fourth-order valence-corrected chi connectivity index (χ4v) is 3.29. The van der Waals surface area contributed by atoms with Gasteiger partial charge in [0, 0.05) is 48.1 Å². The summed E-state index contributed by atoms with van der Waals surface area (Å²) in [4.78, 5) is 2.10. The summed E-state index contributed by atoms with van der Waals surface area (Å²) in [5.74, 6) is 0. The lowest BCUT2D eigenvalue weighted by Crippen LogP contribution is -2.45. The molecule has 0 unspecified atom stereocenters. The Morgan fingerprint density at radius 1 is 1.27 bits per heavy atom. The van der Waals surface area contributed by atoms with Gasteiger partial charge in [-0.1, -0.05) is 27.5 Å². The van der Waals surface area contributed by atoms with Crippen molar-refractivity contribution in [2.45, 2.75) is 25.1 Å². The molecule has 1 atom stereocenters. The van der Waals surface area contributed by atoms with E-state index in [1.165, 1.54) is 0 Å². The smallest absolute Gasteiger partial charge is 0.314 e. The fourth-order valence-electron chi connectivity index (χ4n) is 2.60. The predicted molar refractivity (Wildman–Crippen MR) is 88.9 cm³/mol. The number of hydrogen-bond acceptors (Lipinski definition) is 2. The van der Waals surface area contributed by atoms with Crippen molar-refractivity contribution in [2.24, 2.45) is 0 Å². The van der Waals surface area contributed by atoms with Crippen molar-refractivity contribution in [1.29, 1.82) is 0 Å². The van der Waals surface area contributed by atoms with E-state index >= 15 is 0 Å². The zero-order chi connectivity index (χ0) is 15.5. The quantitative estimate of drug-likeness (QED) is 0.750. The van der Waals surface area contributed by atoms with Crippen molar-refractivity contribution in [3.8, 4) is 0 Å². The highest BCUT2D eigenvalue weighted by atomic mass is 79.9. The summed E-state index contributed by atoms with van der Waals surface area (Å²) in [5.41, 5.74) is 0.827. The molecule has 0 aliphatic carbocycles. The van der Waals surface area contributed by atoms with Gasteiger partial charge in [-0.15, -0.1) is 12.4 Å². The summed E-state index contributed by atoms with van der Waals surface area (Å²) in [6, 6.07) is 5.00. The monoisotopic (exact) mass is 420 g/mol. The third kappa shape index (κ3) is 5.89. The number of nitrogens with zero attached hydrogens (tertiary/aromatic N) is 1. The summed E-state index contributed by atoms with van der Waals surface area (Å²) in [6.45, 7) is 3.06. The van der Waals surface area contributed by atoms with Crippen LogP contribution >= 0.6 is 39.9 Å². The first kappa shape index (κ1) is 20.0. The van der Waals surface area contributed by atoms with Gasteiger partial charge in [0.25, 0.3) is 0 Å². The zero-order valence-electron chi connectivity index (χ0n) is 11.8. The summed E-state index contributed by atoms with van der Waals surface area (Å²) < 4.78 is 38.6. The lowest BCUT2D eigenvalue weighted by molar-refractivity contribution is -0.138. The van der Waals surface area contributed by atoms with Gasteiger partial charge in [-0.2, -0.15) is 13.2 Å². The summed E-state index contributed by atoms with van der Waals surface area (Å²) in [7, 11) is 0. The van der Waals surface area contributed by atoms with E-state index in [0.29, 0.717) is 5.02 Å². The van der Waals surface area contributed by atoms with E-state index in [9.17, 15) is 13.2 Å². The van der Waals surface area contributed by atoms with Crippen LogP contribution in [0.15, 0.2) is 22.7 Å². The second-order valence-corrected chi connectivity index (χ2v) is 6.41. The average Bonchev–Trinajstić information content (AvgIpc) is 2.43. The van der Waals surface area contributed by atoms with Crippen LogP contribution in [0.5, 0.6) is 0 Å². The molecule has 22 heavy (non-hydrogen) atoms. The van der Waals surface area contributed by atoms with E-state index in [4.69, 9.17) is 11.6 Å². The minimum atomic E-state index is -4.14. The SMILES string of the molecule is Cl.FC(F)(F)CC[C@H](c1cc(Cl)ccc1Br)N1CCNCC1. The molecule has 1 aromatic carbocycles. The molecule has 8 heteroatoms. The second kappa shape index (κ2) is 8.73. The van der Waals surface area contributed by atoms with Gasteiger partial charge in [-0.3, -0.25) is 4.90 Å². The Bertz CT molecular complexity index is 480. The Labute approximate surface area is 147 Å². The van der Waals surface area contributed by atoms with E-state index in [2.05, 4.69) is 26.1 Å². The first-order chi connectivity index (χ1) is 9.87. The van der Waals surface area contributed by atoms with E-state index in [1.54, 1.807) is 18.2 Å². The molecule has 0 bridgehead atoms. The van der Waals surface area contributed by atoms with Crippen LogP contribution in [0.3, 0.4) is 0 Å². The van der Waals surface area contributed by atoms with Crippen LogP contribution < -0.4 is 5.32 Å². The number of piperazine rings is 1. The third-order valence-corrected chi connectivity index (χ3v) is 4.57. The van der Waals surface area contributed by atoms with Crippen molar-refractivity contribution in [3.05, 3.63) is 33.3 Å². The van der Waals surface area contributed by atoms with Crippen molar-refractivity contribution in [2.75, 3.05) is 26.2 Å². The van der Waals surface area contributed by atoms with Crippen LogP contribution in [-0.4, -0.2) is 37.3 Å². The van der Waals surface area contributed by atoms with Crippen LogP contribution in [0.2, 0.25) is 5.02 Å². The number of benzene rings is 1. The Kier molecular flexibility index (Phi) is 7.95. The molecule has 1 aromatic rings. The molecule has 1 aliphatic heterocycles. The topological polar surface area (TPSA) is 15.3 Å². The molecule has 1 heterocycles. The molecular formula is C14H18BrCl2F3N2. The van der Waals surface area contributed by atoms with Gasteiger partial charge >= 0.3 is 6.18 Å². The van der Waals surface area contributed by atoms with Crippen LogP contribution in [0.1, 0.15) is 24.4 Å². The van der Waals surface area contributed by atoms with Gasteiger partial charge in [-0.05, 0) is 30.2 Å². The third-order valence-electron chi connectivity index (χ3n) is 3.61. The average molecular weight is 422 g/mol. The van der Waals surface area contributed by atoms with Gasteiger partial charge in [0.2, 0.25) is 0 Å². The molecule has 1 fully saturated rings. The summed E-state index contributed by atoms with van der Waals surface area (Å²) in [6.07, 6.45) is -4.89. The Morgan fingerprint density at radius 2 is 1.91 bits per heavy atom. The van der Waals surface area contributed by atoms with E-state index in [0.717, 1.165) is 36.2 Å². The van der Waals surface area contributed by atoms with Crippen molar-refractivity contribution >= 4 is 39.9 Å². The van der Waals surface area contributed by atoms with E-state index < -0.39 is 12.6 Å². The largest absolute Gasteiger partial charge is 0.389 e. The molecule has 2 rings (SSSR count). The van der Waals surface area contributed by atoms with Crippen molar-refractivity contribution < 1.29 is 13.2 Å². The van der Waals surface area contributed by atoms with E-state index in [-0.39, 0.29) is 24.9 Å². The Morgan fingerprint density at radius 3 is 2.50 bits per heavy atom. The zero-order valence-corrected chi connectivity index (χ0v) is 15.0. The maximum atomic E-state index is 12.6. The molecular weight excluding hydrogens is 404 g/mol. The number of alkyl halides is 3. The first-order valence-electron chi connectivity index (χ1n) is 6.83. The number of nitrogens with one attached hydrogen (secondary N) is 1. The normalized spacial score (nSPS) is 17.9. The van der Waals surface area contributed by atoms with Crippen LogP contribution in [0.25, 0.3) is 0 Å². The van der Waals surface area contributed by atoms with Gasteiger partial charge in [0.1, 0.15) is 0 Å². The molecule has 1 saturated heterocycles. The highest BCUT2D eigenvalue weighted by Gasteiger charge is 2.32. The van der Waals surface area contributed by atoms with Crippen LogP contribution in [-0.2, 0) is 0 Å². The summed E-state index contributed by atoms with van der Waals surface area (Å²) in [5, 5.41) is 3.76. The lowest BCUT2D eigenvalue weighted by atomic mass is 9.99. The van der Waals surface area contributed by atoms with Crippen molar-refractivity contribution in [3.63, 3.8) is 0 Å². The minimum Gasteiger partial charge on any atom is -0.314 e. The Balaban J connectivity index is 0.00000242. The van der Waals surface area contributed by atoms with Gasteiger partial charge in [-0.25, -0.2) is 0 Å². The molecule has 1 aliphatic rings. The van der Waals surface area contributed by atoms with Gasteiger partial charge < -0.3 is 5.32 Å². The molecule has 1 N–H and O–H groups in total. The summed E-state index contributed by atoms with van der Waals surface area (Å²) >= 11 is 9.45. The second-order valence-electron chi connectivity index (χ2n) is 5.12. The predicted octanol–water partition coefficient (Wildman–Crippen LogP) is 4.81. The molecule has 2 nitrogen and oxygen atoms in total. The first-order valence-corrected chi connectivity index (χ1v) is 8.00. The van der Waals surface area contributed by atoms with E-state index in [1.807, 2.05) is 0 Å². The molecule has 0 radical (unpaired) electrons. The highest BCUT2D eigenvalue weighted by Crippen LogP contribution is 2.36. The highest BCUT2D eigenvalue weighted by molar-refractivity contribution is 9.10. The molecule has 0 spiro atoms. The Hall–Kier alpha value is -0.0100. The molecule has 0 saturated carbocycles. The lowest BCUT2D eigenvalue weighted by Gasteiger charge is -2.36. The molecule has 126 valence electrons. The minimum absolute atomic E-state index is 0. The van der Waals surface area contributed by atoms with Crippen molar-refractivity contribution in [1.82, 2.24) is 10.2 Å². The number of hydrogen-bond donors (Lipinski definition) is 1. The standard InChI is InChI=1S/C14H17BrClF3N2.ClH/c15-12-2-1-10(16)9-11(12)13(3-4-14(17,18)19)21-7-5-20-6-8-21;/h1-2,9,13,20H,3-8H2;1H/t13-;/m1./s1.